The molecular formula is C15H26IN3S. The molecule has 0 atom stereocenters. The van der Waals surface area contributed by atoms with Crippen molar-refractivity contribution in [2.45, 2.75) is 32.2 Å². The van der Waals surface area contributed by atoms with Crippen LogP contribution in [0.4, 0.5) is 0 Å². The first kappa shape index (κ1) is 19.4. The summed E-state index contributed by atoms with van der Waals surface area (Å²) in [5.41, 5.74) is 1.31. The van der Waals surface area contributed by atoms with Crippen LogP contribution < -0.4 is 5.32 Å². The van der Waals surface area contributed by atoms with Crippen LogP contribution in [0.25, 0.3) is 0 Å². The molecular weight excluding hydrogens is 381 g/mol. The average molecular weight is 407 g/mol. The molecule has 0 spiro atoms. The maximum absolute atomic E-state index is 4.32. The third-order valence-corrected chi connectivity index (χ3v) is 3.74. The summed E-state index contributed by atoms with van der Waals surface area (Å²) in [6.45, 7) is 5.63. The van der Waals surface area contributed by atoms with Gasteiger partial charge in [0.05, 0.1) is 0 Å². The Balaban J connectivity index is 0.00000361. The van der Waals surface area contributed by atoms with E-state index in [9.17, 15) is 0 Å². The minimum Gasteiger partial charge on any atom is -0.352 e. The first-order valence-corrected chi connectivity index (χ1v) is 7.76. The summed E-state index contributed by atoms with van der Waals surface area (Å²) in [5.74, 6) is 0.968. The highest BCUT2D eigenvalue weighted by atomic mass is 127. The molecule has 1 N–H and O–H groups in total. The number of hydrogen-bond acceptors (Lipinski definition) is 2. The molecule has 1 heterocycles. The van der Waals surface area contributed by atoms with Crippen LogP contribution in [0, 0.1) is 0 Å². The van der Waals surface area contributed by atoms with Crippen LogP contribution in [0.15, 0.2) is 34.5 Å². The van der Waals surface area contributed by atoms with Gasteiger partial charge in [-0.3, -0.25) is 4.99 Å². The van der Waals surface area contributed by atoms with E-state index in [0.29, 0.717) is 0 Å². The summed E-state index contributed by atoms with van der Waals surface area (Å²) in [4.78, 5) is 6.52. The third kappa shape index (κ3) is 7.89. The molecule has 0 saturated carbocycles. The van der Waals surface area contributed by atoms with Gasteiger partial charge in [0.25, 0.3) is 0 Å². The van der Waals surface area contributed by atoms with Crippen LogP contribution in [-0.2, 0) is 6.54 Å². The zero-order valence-electron chi connectivity index (χ0n) is 12.5. The summed E-state index contributed by atoms with van der Waals surface area (Å²) >= 11 is 1.73. The predicted octanol–water partition coefficient (Wildman–Crippen LogP) is 4.12. The van der Waals surface area contributed by atoms with Gasteiger partial charge in [-0.2, -0.15) is 11.3 Å². The van der Waals surface area contributed by atoms with E-state index in [-0.39, 0.29) is 24.0 Å². The summed E-state index contributed by atoms with van der Waals surface area (Å²) in [7, 11) is 3.93. The Labute approximate surface area is 144 Å². The SMILES string of the molecule is C=CCCCCCN(C)C(=NC)NCc1ccsc1.I. The van der Waals surface area contributed by atoms with Crippen molar-refractivity contribution in [3.8, 4) is 0 Å². The Morgan fingerprint density at radius 1 is 1.45 bits per heavy atom. The van der Waals surface area contributed by atoms with E-state index in [1.165, 1.54) is 24.8 Å². The fraction of sp³-hybridized carbons (Fsp3) is 0.533. The zero-order valence-corrected chi connectivity index (χ0v) is 15.6. The van der Waals surface area contributed by atoms with E-state index < -0.39 is 0 Å². The minimum atomic E-state index is 0. The third-order valence-electron chi connectivity index (χ3n) is 3.01. The molecule has 0 aliphatic heterocycles. The molecule has 0 amide bonds. The van der Waals surface area contributed by atoms with Crippen molar-refractivity contribution >= 4 is 41.3 Å². The van der Waals surface area contributed by atoms with Crippen molar-refractivity contribution < 1.29 is 0 Å². The van der Waals surface area contributed by atoms with Crippen molar-refractivity contribution in [3.63, 3.8) is 0 Å². The molecule has 0 aromatic carbocycles. The summed E-state index contributed by atoms with van der Waals surface area (Å²) in [5, 5.41) is 7.65. The topological polar surface area (TPSA) is 27.6 Å². The standard InChI is InChI=1S/C15H25N3S.HI/c1-4-5-6-7-8-10-18(3)15(16-2)17-12-14-9-11-19-13-14;/h4,9,11,13H,1,5-8,10,12H2,2-3H3,(H,16,17);1H. The van der Waals surface area contributed by atoms with Crippen LogP contribution >= 0.6 is 35.3 Å². The highest BCUT2D eigenvalue weighted by Crippen LogP contribution is 2.05. The van der Waals surface area contributed by atoms with Crippen molar-refractivity contribution in [2.24, 2.45) is 4.99 Å². The number of thiophene rings is 1. The Hall–Kier alpha value is -0.560. The molecule has 3 nitrogen and oxygen atoms in total. The monoisotopic (exact) mass is 407 g/mol. The van der Waals surface area contributed by atoms with Gasteiger partial charge in [0.1, 0.15) is 0 Å². The Kier molecular flexibility index (Phi) is 11.9. The second-order valence-electron chi connectivity index (χ2n) is 4.59. The number of hydrogen-bond donors (Lipinski definition) is 1. The van der Waals surface area contributed by atoms with Gasteiger partial charge < -0.3 is 10.2 Å². The predicted molar refractivity (Wildman–Crippen MR) is 101 cm³/mol. The van der Waals surface area contributed by atoms with Crippen LogP contribution in [0.2, 0.25) is 0 Å². The normalized spacial score (nSPS) is 10.8. The highest BCUT2D eigenvalue weighted by molar-refractivity contribution is 14.0. The van der Waals surface area contributed by atoms with Gasteiger partial charge in [0.15, 0.2) is 5.96 Å². The lowest BCUT2D eigenvalue weighted by molar-refractivity contribution is 0.455. The lowest BCUT2D eigenvalue weighted by Crippen LogP contribution is -2.38. The maximum atomic E-state index is 4.32. The number of nitrogens with zero attached hydrogens (tertiary/aromatic N) is 2. The van der Waals surface area contributed by atoms with Crippen molar-refractivity contribution in [3.05, 3.63) is 35.0 Å². The number of aliphatic imine (C=N–C) groups is 1. The minimum absolute atomic E-state index is 0. The van der Waals surface area contributed by atoms with Crippen LogP contribution in [0.3, 0.4) is 0 Å². The molecule has 1 aromatic rings. The van der Waals surface area contributed by atoms with Gasteiger partial charge in [0, 0.05) is 27.2 Å². The van der Waals surface area contributed by atoms with Crippen LogP contribution in [0.1, 0.15) is 31.2 Å². The van der Waals surface area contributed by atoms with Gasteiger partial charge in [0.2, 0.25) is 0 Å². The van der Waals surface area contributed by atoms with E-state index in [1.54, 1.807) is 11.3 Å². The van der Waals surface area contributed by atoms with Gasteiger partial charge in [-0.1, -0.05) is 12.5 Å². The molecule has 1 rings (SSSR count). The number of nitrogens with one attached hydrogen (secondary N) is 1. The molecule has 0 unspecified atom stereocenters. The van der Waals surface area contributed by atoms with E-state index in [4.69, 9.17) is 0 Å². The molecule has 0 bridgehead atoms. The fourth-order valence-corrected chi connectivity index (χ4v) is 2.55. The molecule has 0 radical (unpaired) electrons. The van der Waals surface area contributed by atoms with E-state index in [0.717, 1.165) is 25.5 Å². The molecule has 5 heteroatoms. The lowest BCUT2D eigenvalue weighted by Gasteiger charge is -2.21. The number of guanidine groups is 1. The molecule has 1 aromatic heterocycles. The number of unbranched alkanes of at least 4 members (excludes halogenated alkanes) is 3. The maximum Gasteiger partial charge on any atom is 0.193 e. The number of halogens is 1. The zero-order chi connectivity index (χ0) is 13.9. The Morgan fingerprint density at radius 3 is 2.85 bits per heavy atom. The van der Waals surface area contributed by atoms with Gasteiger partial charge in [-0.15, -0.1) is 30.6 Å². The van der Waals surface area contributed by atoms with Crippen LogP contribution in [0.5, 0.6) is 0 Å². The molecule has 0 aliphatic rings. The van der Waals surface area contributed by atoms with Gasteiger partial charge in [-0.25, -0.2) is 0 Å². The van der Waals surface area contributed by atoms with Crippen molar-refractivity contribution in [1.82, 2.24) is 10.2 Å². The molecule has 0 fully saturated rings. The van der Waals surface area contributed by atoms with E-state index >= 15 is 0 Å². The average Bonchev–Trinajstić information content (AvgIpc) is 2.92. The first-order valence-electron chi connectivity index (χ1n) is 6.81. The highest BCUT2D eigenvalue weighted by Gasteiger charge is 2.05. The summed E-state index contributed by atoms with van der Waals surface area (Å²) in [6, 6.07) is 2.14. The van der Waals surface area contributed by atoms with Crippen molar-refractivity contribution in [2.75, 3.05) is 20.6 Å². The number of allylic oxidation sites excluding steroid dienone is 1. The molecule has 0 aliphatic carbocycles. The first-order chi connectivity index (χ1) is 9.27. The number of rotatable bonds is 8. The van der Waals surface area contributed by atoms with E-state index in [2.05, 4.69) is 45.7 Å². The van der Waals surface area contributed by atoms with Crippen LogP contribution in [-0.4, -0.2) is 31.5 Å². The molecule has 20 heavy (non-hydrogen) atoms. The van der Waals surface area contributed by atoms with Gasteiger partial charge in [-0.05, 0) is 41.7 Å². The molecule has 0 saturated heterocycles. The smallest absolute Gasteiger partial charge is 0.193 e. The van der Waals surface area contributed by atoms with E-state index in [1.807, 2.05) is 13.1 Å². The quantitative estimate of drug-likeness (QED) is 0.231. The fourth-order valence-electron chi connectivity index (χ4n) is 1.88. The Bertz CT molecular complexity index is 376. The summed E-state index contributed by atoms with van der Waals surface area (Å²) < 4.78 is 0. The van der Waals surface area contributed by atoms with Crippen molar-refractivity contribution in [1.29, 1.82) is 0 Å². The lowest BCUT2D eigenvalue weighted by atomic mass is 10.2. The largest absolute Gasteiger partial charge is 0.352 e. The second-order valence-corrected chi connectivity index (χ2v) is 5.37. The molecule has 114 valence electrons. The Morgan fingerprint density at radius 2 is 2.25 bits per heavy atom. The second kappa shape index (κ2) is 12.2. The van der Waals surface area contributed by atoms with Gasteiger partial charge >= 0.3 is 0 Å². The summed E-state index contributed by atoms with van der Waals surface area (Å²) in [6.07, 6.45) is 6.79.